The summed E-state index contributed by atoms with van der Waals surface area (Å²) in [6.07, 6.45) is 4.01. The van der Waals surface area contributed by atoms with Crippen LogP contribution in [0.15, 0.2) is 110 Å². The van der Waals surface area contributed by atoms with Gasteiger partial charge in [0.25, 0.3) is 0 Å². The molecule has 7 rings (SSSR count). The van der Waals surface area contributed by atoms with E-state index in [-0.39, 0.29) is 26.2 Å². The van der Waals surface area contributed by atoms with Crippen molar-refractivity contribution in [3.05, 3.63) is 121 Å². The third-order valence-corrected chi connectivity index (χ3v) is 10.8. The van der Waals surface area contributed by atoms with Crippen LogP contribution >= 0.6 is 0 Å². The van der Waals surface area contributed by atoms with Crippen molar-refractivity contribution in [2.24, 2.45) is 11.8 Å². The SMILES string of the molecule is C=CCCC(=O)OC[C@@H](NC(=O)[C@@H]1[C@H]2C(=O)N([C@H](CO)c3ccccc3)[C@H](C(=O)N(CC=C)Cn3nnc4ccccc43)[C@]23CC[C@H]1O3)c1ccccc1. The molecule has 2 N–H and O–H groups in total. The van der Waals surface area contributed by atoms with Gasteiger partial charge in [-0.3, -0.25) is 19.2 Å². The molecule has 3 aromatic carbocycles. The molecule has 4 heterocycles. The van der Waals surface area contributed by atoms with Gasteiger partial charge in [-0.1, -0.05) is 90.2 Å². The average Bonchev–Trinajstić information content (AvgIpc) is 3.96. The first-order valence-electron chi connectivity index (χ1n) is 18.3. The summed E-state index contributed by atoms with van der Waals surface area (Å²) in [6, 6.07) is 22.8. The van der Waals surface area contributed by atoms with Crippen LogP contribution in [0.1, 0.15) is 48.9 Å². The molecule has 3 aliphatic rings. The molecule has 1 aromatic heterocycles. The molecule has 280 valence electrons. The second-order valence-electron chi connectivity index (χ2n) is 14.0. The molecule has 3 amide bonds. The van der Waals surface area contributed by atoms with Crippen LogP contribution in [-0.2, 0) is 35.3 Å². The predicted molar refractivity (Wildman–Crippen MR) is 198 cm³/mol. The number of fused-ring (bicyclic) bond motifs is 2. The van der Waals surface area contributed by atoms with E-state index in [1.54, 1.807) is 46.0 Å². The summed E-state index contributed by atoms with van der Waals surface area (Å²) in [5.74, 6) is -3.70. The summed E-state index contributed by atoms with van der Waals surface area (Å²) in [7, 11) is 0. The number of esters is 1. The van der Waals surface area contributed by atoms with E-state index in [1.165, 1.54) is 4.90 Å². The van der Waals surface area contributed by atoms with Crippen LogP contribution in [0, 0.1) is 11.8 Å². The highest BCUT2D eigenvalue weighted by Gasteiger charge is 2.75. The number of nitrogens with zero attached hydrogens (tertiary/aromatic N) is 5. The van der Waals surface area contributed by atoms with E-state index in [1.807, 2.05) is 60.7 Å². The molecule has 3 aliphatic heterocycles. The summed E-state index contributed by atoms with van der Waals surface area (Å²) in [5.41, 5.74) is 1.39. The molecule has 3 saturated heterocycles. The first-order chi connectivity index (χ1) is 26.3. The summed E-state index contributed by atoms with van der Waals surface area (Å²) in [5, 5.41) is 22.5. The Morgan fingerprint density at radius 2 is 1.72 bits per heavy atom. The van der Waals surface area contributed by atoms with Gasteiger partial charge < -0.3 is 29.7 Å². The fraction of sp³-hybridized carbons (Fsp3) is 0.366. The minimum atomic E-state index is -1.35. The second-order valence-corrected chi connectivity index (χ2v) is 14.0. The van der Waals surface area contributed by atoms with Crippen molar-refractivity contribution in [2.75, 3.05) is 19.8 Å². The fourth-order valence-electron chi connectivity index (χ4n) is 8.41. The number of carbonyl (C=O) groups is 4. The van der Waals surface area contributed by atoms with Gasteiger partial charge >= 0.3 is 5.97 Å². The molecule has 0 radical (unpaired) electrons. The number of benzene rings is 3. The van der Waals surface area contributed by atoms with E-state index in [2.05, 4.69) is 28.8 Å². The molecule has 0 unspecified atom stereocenters. The van der Waals surface area contributed by atoms with Crippen molar-refractivity contribution in [3.8, 4) is 0 Å². The minimum Gasteiger partial charge on any atom is -0.463 e. The number of rotatable bonds is 16. The third-order valence-electron chi connectivity index (χ3n) is 10.8. The van der Waals surface area contributed by atoms with Gasteiger partial charge in [0.2, 0.25) is 17.7 Å². The zero-order chi connectivity index (χ0) is 37.8. The smallest absolute Gasteiger partial charge is 0.306 e. The first kappa shape index (κ1) is 36.7. The zero-order valence-corrected chi connectivity index (χ0v) is 29.9. The van der Waals surface area contributed by atoms with E-state index in [0.29, 0.717) is 30.3 Å². The number of carbonyl (C=O) groups excluding carboxylic acids is 4. The van der Waals surface area contributed by atoms with Gasteiger partial charge in [0.1, 0.15) is 30.4 Å². The van der Waals surface area contributed by atoms with Crippen LogP contribution in [-0.4, -0.2) is 91.1 Å². The van der Waals surface area contributed by atoms with Crippen molar-refractivity contribution < 1.29 is 33.8 Å². The number of amides is 3. The van der Waals surface area contributed by atoms with Gasteiger partial charge in [-0.15, -0.1) is 18.3 Å². The van der Waals surface area contributed by atoms with Crippen LogP contribution < -0.4 is 5.32 Å². The van der Waals surface area contributed by atoms with E-state index in [0.717, 1.165) is 11.1 Å². The van der Waals surface area contributed by atoms with Crippen LogP contribution in [0.3, 0.4) is 0 Å². The topological polar surface area (TPSA) is 156 Å². The van der Waals surface area contributed by atoms with Gasteiger partial charge in [-0.25, -0.2) is 4.68 Å². The Labute approximate surface area is 313 Å². The van der Waals surface area contributed by atoms with Crippen molar-refractivity contribution in [2.45, 2.75) is 62.2 Å². The van der Waals surface area contributed by atoms with Gasteiger partial charge in [0.05, 0.1) is 42.1 Å². The van der Waals surface area contributed by atoms with E-state index < -0.39 is 72.0 Å². The third kappa shape index (κ3) is 6.69. The zero-order valence-electron chi connectivity index (χ0n) is 29.9. The molecule has 0 aliphatic carbocycles. The molecule has 54 heavy (non-hydrogen) atoms. The maximum atomic E-state index is 15.1. The van der Waals surface area contributed by atoms with Crippen LogP contribution in [0.4, 0.5) is 0 Å². The Hall–Kier alpha value is -5.66. The average molecular weight is 733 g/mol. The summed E-state index contributed by atoms with van der Waals surface area (Å²) in [4.78, 5) is 60.0. The maximum absolute atomic E-state index is 15.1. The summed E-state index contributed by atoms with van der Waals surface area (Å²) in [6.45, 7) is 7.10. The Morgan fingerprint density at radius 3 is 2.43 bits per heavy atom. The van der Waals surface area contributed by atoms with Gasteiger partial charge in [0, 0.05) is 13.0 Å². The molecule has 0 saturated carbocycles. The molecular weight excluding hydrogens is 688 g/mol. The minimum absolute atomic E-state index is 0.0113. The Morgan fingerprint density at radius 1 is 1.02 bits per heavy atom. The Balaban J connectivity index is 1.24. The first-order valence-corrected chi connectivity index (χ1v) is 18.3. The fourth-order valence-corrected chi connectivity index (χ4v) is 8.41. The maximum Gasteiger partial charge on any atom is 0.306 e. The predicted octanol–water partition coefficient (Wildman–Crippen LogP) is 3.88. The van der Waals surface area contributed by atoms with Gasteiger partial charge in [-0.2, -0.15) is 0 Å². The summed E-state index contributed by atoms with van der Waals surface area (Å²) >= 11 is 0. The number of hydrogen-bond donors (Lipinski definition) is 2. The largest absolute Gasteiger partial charge is 0.463 e. The number of aromatic nitrogens is 3. The van der Waals surface area contributed by atoms with Crippen LogP contribution in [0.5, 0.6) is 0 Å². The lowest BCUT2D eigenvalue weighted by Gasteiger charge is -2.39. The lowest BCUT2D eigenvalue weighted by atomic mass is 9.70. The van der Waals surface area contributed by atoms with E-state index >= 15 is 4.79 Å². The van der Waals surface area contributed by atoms with E-state index in [4.69, 9.17) is 9.47 Å². The number of hydrogen-bond acceptors (Lipinski definition) is 9. The van der Waals surface area contributed by atoms with Crippen molar-refractivity contribution in [1.82, 2.24) is 30.1 Å². The molecule has 2 bridgehead atoms. The van der Waals surface area contributed by atoms with Crippen LogP contribution in [0.2, 0.25) is 0 Å². The number of para-hydroxylation sites is 1. The molecule has 7 atom stereocenters. The normalized spacial score (nSPS) is 23.8. The van der Waals surface area contributed by atoms with E-state index in [9.17, 15) is 19.5 Å². The molecule has 13 heteroatoms. The number of allylic oxidation sites excluding steroid dienone is 1. The number of aliphatic hydroxyl groups excluding tert-OH is 1. The van der Waals surface area contributed by atoms with Crippen molar-refractivity contribution in [3.63, 3.8) is 0 Å². The molecule has 13 nitrogen and oxygen atoms in total. The molecule has 4 aromatic rings. The lowest BCUT2D eigenvalue weighted by Crippen LogP contribution is -2.57. The van der Waals surface area contributed by atoms with Gasteiger partial charge in [-0.05, 0) is 42.5 Å². The van der Waals surface area contributed by atoms with Crippen molar-refractivity contribution >= 4 is 34.7 Å². The molecule has 3 fully saturated rings. The van der Waals surface area contributed by atoms with Crippen molar-refractivity contribution in [1.29, 1.82) is 0 Å². The number of likely N-dealkylation sites (tertiary alicyclic amines) is 1. The number of aliphatic hydroxyl groups is 1. The standard InChI is InChI=1S/C41H44N6O7/c1-3-5-20-34(49)53-25-30(27-14-8-6-9-15-27)42-38(50)35-33-21-22-41(54-33)36(35)39(51)47(32(24-48)28-16-10-7-11-17-28)37(41)40(52)45(23-4-2)26-46-31-19-13-12-18-29(31)43-44-46/h3-4,6-19,30,32-33,35-37,48H,1-2,5,20-26H2,(H,42,50)/t30-,32-,33-,35+,36+,37-,41+/m1/s1. The van der Waals surface area contributed by atoms with Gasteiger partial charge in [0.15, 0.2) is 0 Å². The monoisotopic (exact) mass is 732 g/mol. The quantitative estimate of drug-likeness (QED) is 0.129. The lowest BCUT2D eigenvalue weighted by molar-refractivity contribution is -0.152. The highest BCUT2D eigenvalue weighted by molar-refractivity contribution is 5.99. The Kier molecular flexibility index (Phi) is 10.7. The number of ether oxygens (including phenoxy) is 2. The van der Waals surface area contributed by atoms with Crippen LogP contribution in [0.25, 0.3) is 11.0 Å². The molecule has 1 spiro atoms. The highest BCUT2D eigenvalue weighted by Crippen LogP contribution is 2.60. The highest BCUT2D eigenvalue weighted by atomic mass is 16.5. The Bertz CT molecular complexity index is 2020. The number of nitrogens with one attached hydrogen (secondary N) is 1. The second kappa shape index (κ2) is 15.7. The molecular formula is C41H44N6O7. The summed E-state index contributed by atoms with van der Waals surface area (Å²) < 4.78 is 13.9.